The first-order valence-electron chi connectivity index (χ1n) is 6.45. The van der Waals surface area contributed by atoms with Crippen LogP contribution in [0.25, 0.3) is 11.8 Å². The zero-order chi connectivity index (χ0) is 16.6. The molecule has 0 fully saturated rings. The number of hydrogen-bond donors (Lipinski definition) is 3. The number of aromatic hydroxyl groups is 1. The summed E-state index contributed by atoms with van der Waals surface area (Å²) in [7, 11) is 0. The minimum Gasteiger partial charge on any atom is -0.494 e. The van der Waals surface area contributed by atoms with Gasteiger partial charge in [-0.3, -0.25) is 19.8 Å². The molecule has 0 bridgehead atoms. The van der Waals surface area contributed by atoms with Gasteiger partial charge in [-0.25, -0.2) is 0 Å². The number of rotatable bonds is 2. The molecule has 0 aliphatic carbocycles. The molecule has 2 aromatic rings. The van der Waals surface area contributed by atoms with Crippen molar-refractivity contribution in [2.45, 2.75) is 0 Å². The summed E-state index contributed by atoms with van der Waals surface area (Å²) in [6.07, 6.45) is 3.10. The molecule has 0 radical (unpaired) electrons. The van der Waals surface area contributed by atoms with Crippen LogP contribution >= 0.6 is 35.6 Å². The van der Waals surface area contributed by atoms with Crippen LogP contribution in [0.15, 0.2) is 45.4 Å². The summed E-state index contributed by atoms with van der Waals surface area (Å²) in [4.78, 5) is 15.2. The number of aromatic amines is 1. The maximum atomic E-state index is 12.1. The Morgan fingerprint density at radius 2 is 2.04 bits per heavy atom. The van der Waals surface area contributed by atoms with E-state index < -0.39 is 5.56 Å². The smallest absolute Gasteiger partial charge is 0.262 e. The Balaban J connectivity index is 2.21. The Bertz CT molecular complexity index is 972. The van der Waals surface area contributed by atoms with Gasteiger partial charge in [0.1, 0.15) is 5.56 Å². The van der Waals surface area contributed by atoms with E-state index in [1.165, 1.54) is 22.4 Å². The third kappa shape index (κ3) is 3.03. The quantitative estimate of drug-likeness (QED) is 0.707. The van der Waals surface area contributed by atoms with Gasteiger partial charge in [0.15, 0.2) is 4.77 Å². The molecular formula is C15H10ClN3O2S2. The molecule has 1 aromatic carbocycles. The van der Waals surface area contributed by atoms with Gasteiger partial charge in [0.2, 0.25) is 5.88 Å². The van der Waals surface area contributed by atoms with Crippen molar-refractivity contribution in [3.8, 4) is 11.6 Å². The van der Waals surface area contributed by atoms with Crippen molar-refractivity contribution >= 4 is 47.4 Å². The SMILES string of the molecule is N=C1C=CSC1=Cc1c(O)n(-c2ccc(Cl)cc2)c(=S)[nH]c1=O. The molecule has 5 nitrogen and oxygen atoms in total. The summed E-state index contributed by atoms with van der Waals surface area (Å²) >= 11 is 12.3. The minimum atomic E-state index is -0.509. The molecule has 3 N–H and O–H groups in total. The highest BCUT2D eigenvalue weighted by atomic mass is 35.5. The van der Waals surface area contributed by atoms with Crippen molar-refractivity contribution in [3.05, 3.63) is 66.4 Å². The summed E-state index contributed by atoms with van der Waals surface area (Å²) in [5, 5.41) is 20.6. The van der Waals surface area contributed by atoms with Crippen molar-refractivity contribution < 1.29 is 5.11 Å². The molecule has 0 saturated heterocycles. The number of halogens is 1. The van der Waals surface area contributed by atoms with E-state index in [1.54, 1.807) is 35.7 Å². The van der Waals surface area contributed by atoms with Crippen LogP contribution in [0.5, 0.6) is 5.88 Å². The van der Waals surface area contributed by atoms with Gasteiger partial charge < -0.3 is 5.11 Å². The number of thioether (sulfide) groups is 1. The molecule has 0 unspecified atom stereocenters. The largest absolute Gasteiger partial charge is 0.494 e. The first kappa shape index (κ1) is 15.8. The van der Waals surface area contributed by atoms with E-state index in [-0.39, 0.29) is 21.9 Å². The number of hydrogen-bond acceptors (Lipinski definition) is 5. The van der Waals surface area contributed by atoms with Crippen LogP contribution in [0.1, 0.15) is 5.56 Å². The molecular weight excluding hydrogens is 354 g/mol. The minimum absolute atomic E-state index is 0.0458. The molecule has 0 saturated carbocycles. The zero-order valence-corrected chi connectivity index (χ0v) is 13.9. The van der Waals surface area contributed by atoms with E-state index in [2.05, 4.69) is 4.98 Å². The molecule has 1 aliphatic heterocycles. The van der Waals surface area contributed by atoms with Gasteiger partial charge in [-0.15, -0.1) is 0 Å². The number of allylic oxidation sites excluding steroid dienone is 2. The second-order valence-electron chi connectivity index (χ2n) is 4.65. The Labute approximate surface area is 145 Å². The highest BCUT2D eigenvalue weighted by molar-refractivity contribution is 8.07. The van der Waals surface area contributed by atoms with E-state index >= 15 is 0 Å². The van der Waals surface area contributed by atoms with Gasteiger partial charge in [0.05, 0.1) is 11.4 Å². The van der Waals surface area contributed by atoms with Crippen LogP contribution in [0.2, 0.25) is 5.02 Å². The van der Waals surface area contributed by atoms with Crippen LogP contribution in [-0.4, -0.2) is 20.4 Å². The van der Waals surface area contributed by atoms with Gasteiger partial charge in [-0.1, -0.05) is 23.4 Å². The first-order valence-corrected chi connectivity index (χ1v) is 8.12. The molecule has 0 spiro atoms. The number of H-pyrrole nitrogens is 1. The lowest BCUT2D eigenvalue weighted by atomic mass is 10.2. The van der Waals surface area contributed by atoms with Crippen LogP contribution < -0.4 is 5.56 Å². The molecule has 1 aromatic heterocycles. The second-order valence-corrected chi connectivity index (χ2v) is 6.42. The van der Waals surface area contributed by atoms with Crippen molar-refractivity contribution in [3.63, 3.8) is 0 Å². The highest BCUT2D eigenvalue weighted by Crippen LogP contribution is 2.29. The molecule has 116 valence electrons. The third-order valence-corrected chi connectivity index (χ3v) is 4.58. The number of aromatic nitrogens is 2. The van der Waals surface area contributed by atoms with Crippen molar-refractivity contribution in [2.24, 2.45) is 0 Å². The molecule has 0 amide bonds. The topological polar surface area (TPSA) is 81.9 Å². The average Bonchev–Trinajstić information content (AvgIpc) is 2.90. The lowest BCUT2D eigenvalue weighted by Crippen LogP contribution is -2.16. The van der Waals surface area contributed by atoms with E-state index in [1.807, 2.05) is 0 Å². The summed E-state index contributed by atoms with van der Waals surface area (Å²) < 4.78 is 1.42. The fourth-order valence-corrected chi connectivity index (χ4v) is 3.20. The maximum Gasteiger partial charge on any atom is 0.262 e. The predicted molar refractivity (Wildman–Crippen MR) is 96.3 cm³/mol. The van der Waals surface area contributed by atoms with E-state index in [9.17, 15) is 9.90 Å². The predicted octanol–water partition coefficient (Wildman–Crippen LogP) is 3.88. The van der Waals surface area contributed by atoms with Gasteiger partial charge in [0.25, 0.3) is 5.56 Å². The van der Waals surface area contributed by atoms with Crippen molar-refractivity contribution in [2.75, 3.05) is 0 Å². The first-order chi connectivity index (χ1) is 11.0. The molecule has 2 heterocycles. The van der Waals surface area contributed by atoms with Gasteiger partial charge in [-0.05, 0) is 54.0 Å². The molecule has 3 rings (SSSR count). The van der Waals surface area contributed by atoms with Gasteiger partial charge in [0, 0.05) is 9.93 Å². The van der Waals surface area contributed by atoms with Crippen LogP contribution in [0.3, 0.4) is 0 Å². The monoisotopic (exact) mass is 363 g/mol. The fraction of sp³-hybridized carbons (Fsp3) is 0. The molecule has 8 heteroatoms. The molecule has 0 atom stereocenters. The fourth-order valence-electron chi connectivity index (χ4n) is 2.06. The number of nitrogens with one attached hydrogen (secondary N) is 2. The van der Waals surface area contributed by atoms with Crippen LogP contribution in [-0.2, 0) is 0 Å². The standard InChI is InChI=1S/C15H10ClN3O2S2/c16-8-1-3-9(4-2-8)19-14(21)10(13(20)18-15(19)22)7-12-11(17)5-6-23-12/h1-7,17,21H,(H,18,20,22). The molecule has 23 heavy (non-hydrogen) atoms. The van der Waals surface area contributed by atoms with Gasteiger partial charge >= 0.3 is 0 Å². The molecule has 1 aliphatic rings. The van der Waals surface area contributed by atoms with Gasteiger partial charge in [-0.2, -0.15) is 0 Å². The average molecular weight is 364 g/mol. The Hall–Kier alpha value is -2.09. The van der Waals surface area contributed by atoms with Crippen molar-refractivity contribution in [1.82, 2.24) is 9.55 Å². The lowest BCUT2D eigenvalue weighted by molar-refractivity contribution is 0.432. The summed E-state index contributed by atoms with van der Waals surface area (Å²) in [5.74, 6) is -0.283. The Morgan fingerprint density at radius 1 is 1.35 bits per heavy atom. The third-order valence-electron chi connectivity index (χ3n) is 3.18. The summed E-state index contributed by atoms with van der Waals surface area (Å²) in [5.41, 5.74) is 0.393. The van der Waals surface area contributed by atoms with Crippen molar-refractivity contribution in [1.29, 1.82) is 5.41 Å². The van der Waals surface area contributed by atoms with Crippen LogP contribution in [0.4, 0.5) is 0 Å². The van der Waals surface area contributed by atoms with E-state index in [0.717, 1.165) is 0 Å². The van der Waals surface area contributed by atoms with E-state index in [4.69, 9.17) is 29.2 Å². The maximum absolute atomic E-state index is 12.1. The zero-order valence-electron chi connectivity index (χ0n) is 11.5. The Morgan fingerprint density at radius 3 is 2.65 bits per heavy atom. The second kappa shape index (κ2) is 6.19. The Kier molecular flexibility index (Phi) is 4.25. The normalized spacial score (nSPS) is 15.5. The summed E-state index contributed by atoms with van der Waals surface area (Å²) in [6, 6.07) is 6.68. The highest BCUT2D eigenvalue weighted by Gasteiger charge is 2.15. The number of benzene rings is 1. The van der Waals surface area contributed by atoms with E-state index in [0.29, 0.717) is 15.6 Å². The van der Waals surface area contributed by atoms with Crippen LogP contribution in [0, 0.1) is 10.2 Å². The lowest BCUT2D eigenvalue weighted by Gasteiger charge is -2.11. The summed E-state index contributed by atoms with van der Waals surface area (Å²) in [6.45, 7) is 0. The number of nitrogens with zero attached hydrogens (tertiary/aromatic N) is 1.